The number of sulfone groups is 1. The Hall–Kier alpha value is -0.990. The van der Waals surface area contributed by atoms with Gasteiger partial charge in [-0.25, -0.2) is 8.42 Å². The fraction of sp³-hybridized carbons (Fsp3) is 0.600. The first-order chi connectivity index (χ1) is 8.49. The number of nitrogens with zero attached hydrogens (tertiary/aromatic N) is 1. The molecule has 1 unspecified atom stereocenters. The molecule has 1 N–H and O–H groups in total. The molecule has 2 heterocycles. The minimum absolute atomic E-state index is 0.111. The van der Waals surface area contributed by atoms with Crippen LogP contribution in [0.1, 0.15) is 18.4 Å². The Labute approximate surface area is 109 Å². The fourth-order valence-corrected chi connectivity index (χ4v) is 4.54. The predicted octanol–water partition coefficient (Wildman–Crippen LogP) is 1.32. The van der Waals surface area contributed by atoms with Gasteiger partial charge in [-0.05, 0) is 18.4 Å². The SMILES string of the molecule is O=[N+]([O-])c1cc(CNCC2CCCS2(=O)=O)cs1. The van der Waals surface area contributed by atoms with Crippen LogP contribution in [0.2, 0.25) is 0 Å². The van der Waals surface area contributed by atoms with Crippen LogP contribution in [-0.2, 0) is 16.4 Å². The van der Waals surface area contributed by atoms with E-state index < -0.39 is 14.8 Å². The first-order valence-electron chi connectivity index (χ1n) is 5.63. The zero-order valence-electron chi connectivity index (χ0n) is 9.66. The van der Waals surface area contributed by atoms with Gasteiger partial charge >= 0.3 is 5.00 Å². The summed E-state index contributed by atoms with van der Waals surface area (Å²) in [6.07, 6.45) is 1.44. The summed E-state index contributed by atoms with van der Waals surface area (Å²) in [5, 5.41) is 15.1. The van der Waals surface area contributed by atoms with Crippen molar-refractivity contribution in [3.8, 4) is 0 Å². The normalized spacial score (nSPS) is 22.1. The highest BCUT2D eigenvalue weighted by Crippen LogP contribution is 2.23. The van der Waals surface area contributed by atoms with E-state index in [1.165, 1.54) is 6.07 Å². The van der Waals surface area contributed by atoms with Crippen LogP contribution >= 0.6 is 11.3 Å². The number of rotatable bonds is 5. The Kier molecular flexibility index (Phi) is 3.98. The third-order valence-electron chi connectivity index (χ3n) is 2.98. The third kappa shape index (κ3) is 3.06. The van der Waals surface area contributed by atoms with Crippen molar-refractivity contribution in [2.75, 3.05) is 12.3 Å². The average Bonchev–Trinajstić information content (AvgIpc) is 2.86. The second kappa shape index (κ2) is 5.33. The Morgan fingerprint density at radius 2 is 2.33 bits per heavy atom. The summed E-state index contributed by atoms with van der Waals surface area (Å²) in [6.45, 7) is 0.891. The molecular weight excluding hydrogens is 276 g/mol. The van der Waals surface area contributed by atoms with Crippen molar-refractivity contribution >= 4 is 26.2 Å². The van der Waals surface area contributed by atoms with Crippen LogP contribution in [0.3, 0.4) is 0 Å². The highest BCUT2D eigenvalue weighted by atomic mass is 32.2. The molecule has 1 fully saturated rings. The number of hydrogen-bond acceptors (Lipinski definition) is 6. The summed E-state index contributed by atoms with van der Waals surface area (Å²) in [4.78, 5) is 10.1. The second-order valence-electron chi connectivity index (χ2n) is 4.31. The Morgan fingerprint density at radius 1 is 1.56 bits per heavy atom. The summed E-state index contributed by atoms with van der Waals surface area (Å²) in [6, 6.07) is 1.51. The smallest absolute Gasteiger partial charge is 0.311 e. The van der Waals surface area contributed by atoms with E-state index in [2.05, 4.69) is 5.32 Å². The van der Waals surface area contributed by atoms with E-state index in [0.29, 0.717) is 19.5 Å². The third-order valence-corrected chi connectivity index (χ3v) is 6.19. The van der Waals surface area contributed by atoms with Crippen molar-refractivity contribution in [1.29, 1.82) is 0 Å². The summed E-state index contributed by atoms with van der Waals surface area (Å²) in [7, 11) is -2.92. The number of thiophene rings is 1. The van der Waals surface area contributed by atoms with Gasteiger partial charge in [0.1, 0.15) is 0 Å². The molecule has 1 atom stereocenters. The first-order valence-corrected chi connectivity index (χ1v) is 8.22. The summed E-state index contributed by atoms with van der Waals surface area (Å²) >= 11 is 1.08. The Morgan fingerprint density at radius 3 is 2.89 bits per heavy atom. The molecule has 18 heavy (non-hydrogen) atoms. The van der Waals surface area contributed by atoms with Gasteiger partial charge in [-0.3, -0.25) is 10.1 Å². The largest absolute Gasteiger partial charge is 0.324 e. The molecule has 1 aliphatic rings. The lowest BCUT2D eigenvalue weighted by Gasteiger charge is -2.09. The van der Waals surface area contributed by atoms with Crippen molar-refractivity contribution in [3.05, 3.63) is 27.1 Å². The van der Waals surface area contributed by atoms with Gasteiger partial charge in [-0.15, -0.1) is 0 Å². The maximum atomic E-state index is 11.6. The van der Waals surface area contributed by atoms with Gasteiger partial charge in [0.05, 0.1) is 15.9 Å². The quantitative estimate of drug-likeness (QED) is 0.652. The van der Waals surface area contributed by atoms with Crippen LogP contribution in [0.5, 0.6) is 0 Å². The van der Waals surface area contributed by atoms with Crippen LogP contribution in [-0.4, -0.2) is 30.9 Å². The lowest BCUT2D eigenvalue weighted by Crippen LogP contribution is -2.30. The molecule has 0 amide bonds. The zero-order chi connectivity index (χ0) is 13.2. The van der Waals surface area contributed by atoms with E-state index in [1.54, 1.807) is 5.38 Å². The minimum Gasteiger partial charge on any atom is -0.311 e. The molecular formula is C10H14N2O4S2. The van der Waals surface area contributed by atoms with Gasteiger partial charge in [0.15, 0.2) is 9.84 Å². The van der Waals surface area contributed by atoms with E-state index in [9.17, 15) is 18.5 Å². The number of hydrogen-bond donors (Lipinski definition) is 1. The zero-order valence-corrected chi connectivity index (χ0v) is 11.3. The van der Waals surface area contributed by atoms with Gasteiger partial charge in [0, 0.05) is 24.5 Å². The van der Waals surface area contributed by atoms with Gasteiger partial charge < -0.3 is 5.32 Å². The van der Waals surface area contributed by atoms with Crippen LogP contribution in [0.25, 0.3) is 0 Å². The van der Waals surface area contributed by atoms with E-state index in [-0.39, 0.29) is 16.0 Å². The van der Waals surface area contributed by atoms with E-state index in [1.807, 2.05) is 0 Å². The molecule has 0 aliphatic carbocycles. The minimum atomic E-state index is -2.92. The fourth-order valence-electron chi connectivity index (χ4n) is 2.02. The van der Waals surface area contributed by atoms with Crippen molar-refractivity contribution in [2.45, 2.75) is 24.6 Å². The molecule has 0 bridgehead atoms. The van der Waals surface area contributed by atoms with Crippen LogP contribution in [0, 0.1) is 10.1 Å². The lowest BCUT2D eigenvalue weighted by molar-refractivity contribution is -0.380. The van der Waals surface area contributed by atoms with Crippen LogP contribution < -0.4 is 5.32 Å². The highest BCUT2D eigenvalue weighted by Gasteiger charge is 2.30. The molecule has 0 aromatic carbocycles. The summed E-state index contributed by atoms with van der Waals surface area (Å²) < 4.78 is 23.1. The predicted molar refractivity (Wildman–Crippen MR) is 69.5 cm³/mol. The standard InChI is InChI=1S/C10H14N2O4S2/c13-12(14)10-4-8(7-17-10)5-11-6-9-2-1-3-18(9,15)16/h4,7,9,11H,1-3,5-6H2. The molecule has 8 heteroatoms. The molecule has 0 spiro atoms. The van der Waals surface area contributed by atoms with E-state index in [4.69, 9.17) is 0 Å². The van der Waals surface area contributed by atoms with Crippen LogP contribution in [0.4, 0.5) is 5.00 Å². The van der Waals surface area contributed by atoms with Gasteiger partial charge in [-0.2, -0.15) is 0 Å². The summed E-state index contributed by atoms with van der Waals surface area (Å²) in [5.41, 5.74) is 0.821. The first kappa shape index (κ1) is 13.4. The molecule has 1 saturated heterocycles. The number of nitro groups is 1. The van der Waals surface area contributed by atoms with Crippen molar-refractivity contribution in [1.82, 2.24) is 5.32 Å². The highest BCUT2D eigenvalue weighted by molar-refractivity contribution is 7.92. The average molecular weight is 290 g/mol. The van der Waals surface area contributed by atoms with Crippen molar-refractivity contribution in [2.24, 2.45) is 0 Å². The van der Waals surface area contributed by atoms with Crippen molar-refractivity contribution < 1.29 is 13.3 Å². The molecule has 1 aromatic rings. The molecule has 1 aromatic heterocycles. The van der Waals surface area contributed by atoms with Gasteiger partial charge in [0.2, 0.25) is 0 Å². The monoisotopic (exact) mass is 290 g/mol. The molecule has 1 aliphatic heterocycles. The molecule has 100 valence electrons. The molecule has 0 radical (unpaired) electrons. The maximum Gasteiger partial charge on any atom is 0.324 e. The molecule has 6 nitrogen and oxygen atoms in total. The number of nitrogens with one attached hydrogen (secondary N) is 1. The molecule has 2 rings (SSSR count). The van der Waals surface area contributed by atoms with Gasteiger partial charge in [0.25, 0.3) is 0 Å². The van der Waals surface area contributed by atoms with E-state index >= 15 is 0 Å². The molecule has 0 saturated carbocycles. The van der Waals surface area contributed by atoms with Gasteiger partial charge in [-0.1, -0.05) is 11.3 Å². The second-order valence-corrected chi connectivity index (χ2v) is 7.60. The van der Waals surface area contributed by atoms with E-state index in [0.717, 1.165) is 23.3 Å². The lowest BCUT2D eigenvalue weighted by atomic mass is 10.2. The topological polar surface area (TPSA) is 89.3 Å². The van der Waals surface area contributed by atoms with Crippen molar-refractivity contribution in [3.63, 3.8) is 0 Å². The Bertz CT molecular complexity index is 538. The Balaban J connectivity index is 1.83. The maximum absolute atomic E-state index is 11.6. The summed E-state index contributed by atoms with van der Waals surface area (Å²) in [5.74, 6) is 0.281. The van der Waals surface area contributed by atoms with Crippen LogP contribution in [0.15, 0.2) is 11.4 Å².